The van der Waals surface area contributed by atoms with Crippen molar-refractivity contribution in [3.05, 3.63) is 40.9 Å². The normalized spacial score (nSPS) is 11.1. The van der Waals surface area contributed by atoms with Gasteiger partial charge in [-0.1, -0.05) is 23.7 Å². The van der Waals surface area contributed by atoms with Crippen LogP contribution in [0, 0.1) is 0 Å². The number of halogens is 1. The van der Waals surface area contributed by atoms with Crippen LogP contribution in [0.15, 0.2) is 30.3 Å². The Bertz CT molecular complexity index is 667. The van der Waals surface area contributed by atoms with Crippen molar-refractivity contribution in [1.29, 1.82) is 0 Å². The van der Waals surface area contributed by atoms with Gasteiger partial charge in [0.2, 0.25) is 11.8 Å². The van der Waals surface area contributed by atoms with Gasteiger partial charge in [0.15, 0.2) is 0 Å². The Morgan fingerprint density at radius 2 is 1.63 bits per heavy atom. The number of hydrogen-bond donors (Lipinski definition) is 3. The van der Waals surface area contributed by atoms with Gasteiger partial charge >= 0.3 is 6.09 Å². The molecule has 1 aromatic rings. The molecule has 0 aliphatic carbocycles. The molecule has 0 spiro atoms. The third kappa shape index (κ3) is 11.6. The molecular formula is C19H26ClN3O4. The Morgan fingerprint density at radius 1 is 1.00 bits per heavy atom. The van der Waals surface area contributed by atoms with Gasteiger partial charge in [0.25, 0.3) is 0 Å². The van der Waals surface area contributed by atoms with Crippen molar-refractivity contribution in [2.75, 3.05) is 19.6 Å². The first-order valence-electron chi connectivity index (χ1n) is 8.61. The van der Waals surface area contributed by atoms with Crippen LogP contribution < -0.4 is 16.0 Å². The monoisotopic (exact) mass is 395 g/mol. The largest absolute Gasteiger partial charge is 0.444 e. The summed E-state index contributed by atoms with van der Waals surface area (Å²) in [6, 6.07) is 7.09. The van der Waals surface area contributed by atoms with E-state index in [9.17, 15) is 14.4 Å². The van der Waals surface area contributed by atoms with Gasteiger partial charge in [-0.15, -0.1) is 0 Å². The molecular weight excluding hydrogens is 370 g/mol. The van der Waals surface area contributed by atoms with Crippen LogP contribution in [0.5, 0.6) is 0 Å². The number of amides is 3. The number of benzene rings is 1. The summed E-state index contributed by atoms with van der Waals surface area (Å²) in [5, 5.41) is 8.46. The van der Waals surface area contributed by atoms with Crippen LogP contribution in [0.25, 0.3) is 6.08 Å². The van der Waals surface area contributed by atoms with Crippen LogP contribution in [-0.2, 0) is 14.3 Å². The standard InChI is InChI=1S/C19H26ClN3O4/c1-19(2,3)27-18(26)23-11-10-17(25)22-13-12-21-16(24)9-6-14-4-7-15(20)8-5-14/h4-9H,10-13H2,1-3H3,(H,21,24)(H,22,25)(H,23,26)/b9-6+. The van der Waals surface area contributed by atoms with Gasteiger partial charge in [-0.2, -0.15) is 0 Å². The molecule has 0 fully saturated rings. The van der Waals surface area contributed by atoms with Crippen molar-refractivity contribution in [1.82, 2.24) is 16.0 Å². The van der Waals surface area contributed by atoms with E-state index < -0.39 is 11.7 Å². The minimum absolute atomic E-state index is 0.129. The van der Waals surface area contributed by atoms with E-state index in [1.165, 1.54) is 6.08 Å². The zero-order valence-electron chi connectivity index (χ0n) is 15.8. The number of carbonyl (C=O) groups excluding carboxylic acids is 3. The molecule has 0 heterocycles. The molecule has 0 aliphatic rings. The van der Waals surface area contributed by atoms with Crippen LogP contribution in [-0.4, -0.2) is 43.1 Å². The average molecular weight is 396 g/mol. The SMILES string of the molecule is CC(C)(C)OC(=O)NCCC(=O)NCCNC(=O)/C=C/c1ccc(Cl)cc1. The molecule has 27 heavy (non-hydrogen) atoms. The molecule has 0 bridgehead atoms. The van der Waals surface area contributed by atoms with Crippen LogP contribution in [0.3, 0.4) is 0 Å². The molecule has 0 aromatic heterocycles. The van der Waals surface area contributed by atoms with E-state index in [-0.39, 0.29) is 24.8 Å². The van der Waals surface area contributed by atoms with Crippen LogP contribution in [0.1, 0.15) is 32.8 Å². The van der Waals surface area contributed by atoms with E-state index in [1.54, 1.807) is 51.1 Å². The van der Waals surface area contributed by atoms with Crippen molar-refractivity contribution in [3.63, 3.8) is 0 Å². The van der Waals surface area contributed by atoms with Crippen molar-refractivity contribution in [2.45, 2.75) is 32.8 Å². The van der Waals surface area contributed by atoms with Crippen LogP contribution >= 0.6 is 11.6 Å². The van der Waals surface area contributed by atoms with Crippen LogP contribution in [0.2, 0.25) is 5.02 Å². The van der Waals surface area contributed by atoms with Gasteiger partial charge in [-0.05, 0) is 44.5 Å². The Labute approximate surface area is 164 Å². The van der Waals surface area contributed by atoms with E-state index >= 15 is 0 Å². The second kappa shape index (κ2) is 11.2. The van der Waals surface area contributed by atoms with Gasteiger partial charge in [0.1, 0.15) is 5.60 Å². The summed E-state index contributed by atoms with van der Waals surface area (Å²) in [6.07, 6.45) is 2.65. The van der Waals surface area contributed by atoms with Crippen molar-refractivity contribution < 1.29 is 19.1 Å². The van der Waals surface area contributed by atoms with Gasteiger partial charge < -0.3 is 20.7 Å². The minimum Gasteiger partial charge on any atom is -0.444 e. The summed E-state index contributed by atoms with van der Waals surface area (Å²) in [7, 11) is 0. The molecule has 8 heteroatoms. The molecule has 148 valence electrons. The predicted molar refractivity (Wildman–Crippen MR) is 105 cm³/mol. The molecule has 0 saturated heterocycles. The molecule has 0 saturated carbocycles. The fraction of sp³-hybridized carbons (Fsp3) is 0.421. The fourth-order valence-electron chi connectivity index (χ4n) is 1.87. The molecule has 1 aromatic carbocycles. The van der Waals surface area contributed by atoms with E-state index in [1.807, 2.05) is 0 Å². The third-order valence-electron chi connectivity index (χ3n) is 3.06. The zero-order chi connectivity index (χ0) is 20.3. The second-order valence-electron chi connectivity index (χ2n) is 6.70. The van der Waals surface area contributed by atoms with Gasteiger partial charge in [0.05, 0.1) is 0 Å². The van der Waals surface area contributed by atoms with Gasteiger partial charge in [0, 0.05) is 37.2 Å². The maximum absolute atomic E-state index is 11.7. The Balaban J connectivity index is 2.12. The lowest BCUT2D eigenvalue weighted by atomic mass is 10.2. The maximum Gasteiger partial charge on any atom is 0.407 e. The Kier molecular flexibility index (Phi) is 9.36. The number of rotatable bonds is 8. The van der Waals surface area contributed by atoms with E-state index in [0.29, 0.717) is 18.1 Å². The highest BCUT2D eigenvalue weighted by molar-refractivity contribution is 6.30. The highest BCUT2D eigenvalue weighted by atomic mass is 35.5. The summed E-state index contributed by atoms with van der Waals surface area (Å²) in [5.41, 5.74) is 0.285. The predicted octanol–water partition coefficient (Wildman–Crippen LogP) is 2.50. The summed E-state index contributed by atoms with van der Waals surface area (Å²) in [6.45, 7) is 6.06. The summed E-state index contributed by atoms with van der Waals surface area (Å²) in [4.78, 5) is 34.8. The fourth-order valence-corrected chi connectivity index (χ4v) is 2.00. The molecule has 1 rings (SSSR count). The van der Waals surface area contributed by atoms with E-state index in [4.69, 9.17) is 16.3 Å². The lowest BCUT2D eigenvalue weighted by molar-refractivity contribution is -0.121. The van der Waals surface area contributed by atoms with Crippen molar-refractivity contribution in [2.24, 2.45) is 0 Å². The molecule has 0 aliphatic heterocycles. The van der Waals surface area contributed by atoms with Crippen molar-refractivity contribution in [3.8, 4) is 0 Å². The number of carbonyl (C=O) groups is 3. The number of alkyl carbamates (subject to hydrolysis) is 1. The first-order valence-corrected chi connectivity index (χ1v) is 8.98. The molecule has 7 nitrogen and oxygen atoms in total. The highest BCUT2D eigenvalue weighted by Crippen LogP contribution is 2.10. The molecule has 0 radical (unpaired) electrons. The minimum atomic E-state index is -0.577. The van der Waals surface area contributed by atoms with Crippen molar-refractivity contribution >= 4 is 35.6 Å². The molecule has 0 atom stereocenters. The Hall–Kier alpha value is -2.54. The molecule has 3 amide bonds. The highest BCUT2D eigenvalue weighted by Gasteiger charge is 2.15. The van der Waals surface area contributed by atoms with Crippen LogP contribution in [0.4, 0.5) is 4.79 Å². The lowest BCUT2D eigenvalue weighted by Crippen LogP contribution is -2.37. The first kappa shape index (κ1) is 22.5. The van der Waals surface area contributed by atoms with E-state index in [0.717, 1.165) is 5.56 Å². The van der Waals surface area contributed by atoms with Gasteiger partial charge in [-0.3, -0.25) is 9.59 Å². The van der Waals surface area contributed by atoms with E-state index in [2.05, 4.69) is 16.0 Å². The first-order chi connectivity index (χ1) is 12.7. The summed E-state index contributed by atoms with van der Waals surface area (Å²) >= 11 is 5.79. The molecule has 3 N–H and O–H groups in total. The topological polar surface area (TPSA) is 96.5 Å². The number of hydrogen-bond acceptors (Lipinski definition) is 4. The lowest BCUT2D eigenvalue weighted by Gasteiger charge is -2.19. The average Bonchev–Trinajstić information content (AvgIpc) is 2.56. The number of ether oxygens (including phenoxy) is 1. The summed E-state index contributed by atoms with van der Waals surface area (Å²) in [5.74, 6) is -0.484. The molecule has 0 unspecified atom stereocenters. The maximum atomic E-state index is 11.7. The third-order valence-corrected chi connectivity index (χ3v) is 3.32. The number of nitrogens with one attached hydrogen (secondary N) is 3. The zero-order valence-corrected chi connectivity index (χ0v) is 16.6. The second-order valence-corrected chi connectivity index (χ2v) is 7.14. The smallest absolute Gasteiger partial charge is 0.407 e. The quantitative estimate of drug-likeness (QED) is 0.465. The Morgan fingerprint density at radius 3 is 2.26 bits per heavy atom. The van der Waals surface area contributed by atoms with Gasteiger partial charge in [-0.25, -0.2) is 4.79 Å². The summed E-state index contributed by atoms with van der Waals surface area (Å²) < 4.78 is 5.06.